The van der Waals surface area contributed by atoms with Gasteiger partial charge in [0.25, 0.3) is 0 Å². The van der Waals surface area contributed by atoms with Gasteiger partial charge in [-0.3, -0.25) is 4.79 Å². The highest BCUT2D eigenvalue weighted by Gasteiger charge is 2.34. The Hall–Kier alpha value is -1.29. The molecule has 2 atom stereocenters. The van der Waals surface area contributed by atoms with Crippen molar-refractivity contribution in [3.63, 3.8) is 0 Å². The van der Waals surface area contributed by atoms with E-state index in [0.717, 1.165) is 30.5 Å². The van der Waals surface area contributed by atoms with Crippen molar-refractivity contribution in [2.45, 2.75) is 59.1 Å². The van der Waals surface area contributed by atoms with Gasteiger partial charge in [-0.2, -0.15) is 0 Å². The van der Waals surface area contributed by atoms with Crippen LogP contribution in [0.2, 0.25) is 0 Å². The third-order valence-electron chi connectivity index (χ3n) is 4.16. The molecule has 1 heterocycles. The Labute approximate surface area is 121 Å². The summed E-state index contributed by atoms with van der Waals surface area (Å²) in [4.78, 5) is 12.1. The molecule has 2 rings (SSSR count). The van der Waals surface area contributed by atoms with Gasteiger partial charge in [0.05, 0.1) is 6.10 Å². The molecule has 0 saturated heterocycles. The first-order valence-electron chi connectivity index (χ1n) is 7.51. The Kier molecular flexibility index (Phi) is 4.23. The van der Waals surface area contributed by atoms with Crippen LogP contribution in [0.15, 0.2) is 12.3 Å². The molecule has 0 fully saturated rings. The van der Waals surface area contributed by atoms with Crippen molar-refractivity contribution >= 4 is 5.91 Å². The summed E-state index contributed by atoms with van der Waals surface area (Å²) in [6.07, 6.45) is 4.14. The molecule has 1 aliphatic rings. The zero-order chi connectivity index (χ0) is 14.9. The molecule has 0 spiro atoms. The molecule has 2 unspecified atom stereocenters. The lowest BCUT2D eigenvalue weighted by molar-refractivity contribution is -0.123. The molecule has 4 nitrogen and oxygen atoms in total. The molecular weight excluding hydrogens is 252 g/mol. The van der Waals surface area contributed by atoms with E-state index in [1.807, 2.05) is 30.7 Å². The van der Waals surface area contributed by atoms with E-state index < -0.39 is 6.10 Å². The van der Waals surface area contributed by atoms with Crippen LogP contribution in [0.25, 0.3) is 0 Å². The van der Waals surface area contributed by atoms with Gasteiger partial charge < -0.3 is 15.0 Å². The summed E-state index contributed by atoms with van der Waals surface area (Å²) >= 11 is 0. The first kappa shape index (κ1) is 15.1. The van der Waals surface area contributed by atoms with Gasteiger partial charge in [-0.15, -0.1) is 0 Å². The molecule has 1 amide bonds. The van der Waals surface area contributed by atoms with Crippen molar-refractivity contribution < 1.29 is 9.90 Å². The lowest BCUT2D eigenvalue weighted by atomic mass is 9.75. The first-order chi connectivity index (χ1) is 9.35. The van der Waals surface area contributed by atoms with E-state index in [1.54, 1.807) is 0 Å². The van der Waals surface area contributed by atoms with Crippen molar-refractivity contribution in [3.05, 3.63) is 23.5 Å². The van der Waals surface area contributed by atoms with Crippen LogP contribution in [0.5, 0.6) is 0 Å². The molecule has 20 heavy (non-hydrogen) atoms. The van der Waals surface area contributed by atoms with Gasteiger partial charge in [-0.05, 0) is 37.7 Å². The number of amides is 1. The van der Waals surface area contributed by atoms with Crippen LogP contribution in [0.3, 0.4) is 0 Å². The van der Waals surface area contributed by atoms with E-state index in [1.165, 1.54) is 0 Å². The number of nitrogens with one attached hydrogen (secondary N) is 1. The molecule has 0 aliphatic heterocycles. The third kappa shape index (κ3) is 2.90. The average Bonchev–Trinajstić information content (AvgIpc) is 2.77. The topological polar surface area (TPSA) is 54.3 Å². The monoisotopic (exact) mass is 278 g/mol. The van der Waals surface area contributed by atoms with Crippen LogP contribution in [0.1, 0.15) is 63.9 Å². The van der Waals surface area contributed by atoms with E-state index in [4.69, 9.17) is 0 Å². The summed E-state index contributed by atoms with van der Waals surface area (Å²) in [6.45, 7) is 9.00. The predicted octanol–water partition coefficient (Wildman–Crippen LogP) is 2.58. The smallest absolute Gasteiger partial charge is 0.242 e. The normalized spacial score (nSPS) is 22.1. The van der Waals surface area contributed by atoms with E-state index in [9.17, 15) is 9.90 Å². The minimum Gasteiger partial charge on any atom is -0.388 e. The highest BCUT2D eigenvalue weighted by molar-refractivity contribution is 5.80. The second-order valence-electron chi connectivity index (χ2n) is 6.65. The summed E-state index contributed by atoms with van der Waals surface area (Å²) in [5.41, 5.74) is 2.16. The van der Waals surface area contributed by atoms with Crippen molar-refractivity contribution in [1.82, 2.24) is 9.88 Å². The van der Waals surface area contributed by atoms with Crippen LogP contribution in [-0.4, -0.2) is 22.1 Å². The fraction of sp³-hybridized carbons (Fsp3) is 0.688. The Morgan fingerprint density at radius 3 is 2.95 bits per heavy atom. The summed E-state index contributed by atoms with van der Waals surface area (Å²) in [6, 6.07) is 1.73. The molecule has 0 aromatic carbocycles. The van der Waals surface area contributed by atoms with Crippen LogP contribution in [-0.2, 0) is 11.2 Å². The number of rotatable bonds is 4. The molecule has 0 radical (unpaired) electrons. The third-order valence-corrected chi connectivity index (χ3v) is 4.16. The number of fused-ring (bicyclic) bond motifs is 1. The number of aliphatic hydroxyl groups is 1. The Bertz CT molecular complexity index is 491. The zero-order valence-electron chi connectivity index (χ0n) is 12.9. The maximum atomic E-state index is 12.1. The second-order valence-corrected chi connectivity index (χ2v) is 6.65. The van der Waals surface area contributed by atoms with E-state index >= 15 is 0 Å². The van der Waals surface area contributed by atoms with E-state index in [0.29, 0.717) is 6.54 Å². The number of aromatic nitrogens is 1. The molecule has 0 saturated carbocycles. The van der Waals surface area contributed by atoms with Crippen molar-refractivity contribution in [3.8, 4) is 0 Å². The molecule has 4 heteroatoms. The van der Waals surface area contributed by atoms with Gasteiger partial charge in [0.2, 0.25) is 5.91 Å². The molecule has 112 valence electrons. The number of hydrogen-bond donors (Lipinski definition) is 2. The minimum absolute atomic E-state index is 0.0446. The number of carbonyl (C=O) groups excluding carboxylic acids is 1. The summed E-state index contributed by atoms with van der Waals surface area (Å²) in [7, 11) is 0. The largest absolute Gasteiger partial charge is 0.388 e. The van der Waals surface area contributed by atoms with Crippen LogP contribution < -0.4 is 5.32 Å². The van der Waals surface area contributed by atoms with Gasteiger partial charge in [0, 0.05) is 24.0 Å². The predicted molar refractivity (Wildman–Crippen MR) is 79.5 cm³/mol. The lowest BCUT2D eigenvalue weighted by Crippen LogP contribution is -2.33. The van der Waals surface area contributed by atoms with Gasteiger partial charge in [-0.25, -0.2) is 0 Å². The van der Waals surface area contributed by atoms with E-state index in [-0.39, 0.29) is 17.4 Å². The highest BCUT2D eigenvalue weighted by atomic mass is 16.3. The fourth-order valence-corrected chi connectivity index (χ4v) is 3.04. The number of nitrogens with zero attached hydrogens (tertiary/aromatic N) is 1. The molecule has 0 bridgehead atoms. The maximum Gasteiger partial charge on any atom is 0.242 e. The summed E-state index contributed by atoms with van der Waals surface area (Å²) in [5.74, 6) is 0.0446. The Balaban J connectivity index is 2.25. The number of carbonyl (C=O) groups is 1. The average molecular weight is 278 g/mol. The van der Waals surface area contributed by atoms with Gasteiger partial charge >= 0.3 is 0 Å². The summed E-state index contributed by atoms with van der Waals surface area (Å²) < 4.78 is 2.02. The van der Waals surface area contributed by atoms with E-state index in [2.05, 4.69) is 19.2 Å². The van der Waals surface area contributed by atoms with Crippen LogP contribution in [0, 0.1) is 5.41 Å². The van der Waals surface area contributed by atoms with Gasteiger partial charge in [-0.1, -0.05) is 20.8 Å². The second kappa shape index (κ2) is 5.60. The molecule has 2 N–H and O–H groups in total. The Morgan fingerprint density at radius 1 is 1.60 bits per heavy atom. The zero-order valence-corrected chi connectivity index (χ0v) is 12.9. The number of hydrogen-bond acceptors (Lipinski definition) is 2. The summed E-state index contributed by atoms with van der Waals surface area (Å²) in [5, 5.41) is 13.2. The molecule has 1 aromatic heterocycles. The van der Waals surface area contributed by atoms with Crippen LogP contribution in [0.4, 0.5) is 0 Å². The highest BCUT2D eigenvalue weighted by Crippen LogP contribution is 2.41. The van der Waals surface area contributed by atoms with Gasteiger partial charge in [0.15, 0.2) is 0 Å². The SMILES string of the molecule is CCCNC(=O)C(C)n1ccc2c1CC(C)(C)CC2O. The first-order valence-corrected chi connectivity index (χ1v) is 7.51. The molecule has 1 aromatic rings. The fourth-order valence-electron chi connectivity index (χ4n) is 3.04. The van der Waals surface area contributed by atoms with Crippen molar-refractivity contribution in [2.75, 3.05) is 6.54 Å². The van der Waals surface area contributed by atoms with Gasteiger partial charge in [0.1, 0.15) is 6.04 Å². The number of aliphatic hydroxyl groups excluding tert-OH is 1. The van der Waals surface area contributed by atoms with Crippen molar-refractivity contribution in [2.24, 2.45) is 5.41 Å². The minimum atomic E-state index is -0.416. The molecular formula is C16H26N2O2. The standard InChI is InChI=1S/C16H26N2O2/c1-5-7-17-15(20)11(2)18-8-6-12-13(18)9-16(3,4)10-14(12)19/h6,8,11,14,19H,5,7,9-10H2,1-4H3,(H,17,20). The lowest BCUT2D eigenvalue weighted by Gasteiger charge is -2.34. The van der Waals surface area contributed by atoms with Crippen LogP contribution >= 0.6 is 0 Å². The Morgan fingerprint density at radius 2 is 2.30 bits per heavy atom. The maximum absolute atomic E-state index is 12.1. The quantitative estimate of drug-likeness (QED) is 0.889. The van der Waals surface area contributed by atoms with Crippen molar-refractivity contribution in [1.29, 1.82) is 0 Å². The molecule has 1 aliphatic carbocycles.